The van der Waals surface area contributed by atoms with Crippen LogP contribution in [-0.4, -0.2) is 23.1 Å². The standard InChI is InChI=1S/C22H18FN3O4/c1-14(21(28)24-16-8-6-15(23)7-9-16)30-22(29)19-4-2-3-5-20(19)26-25-17-10-12-18(27)13-11-17/h2-14,27H,1H3,(H,24,28)/t14-/m0/s1. The van der Waals surface area contributed by atoms with E-state index in [1.807, 2.05) is 0 Å². The number of nitrogens with one attached hydrogen (secondary N) is 1. The number of anilines is 1. The van der Waals surface area contributed by atoms with Crippen molar-refractivity contribution in [2.75, 3.05) is 5.32 Å². The zero-order valence-electron chi connectivity index (χ0n) is 15.9. The van der Waals surface area contributed by atoms with E-state index in [4.69, 9.17) is 4.74 Å². The number of hydrogen-bond donors (Lipinski definition) is 2. The molecule has 0 radical (unpaired) electrons. The van der Waals surface area contributed by atoms with Gasteiger partial charge in [0.1, 0.15) is 17.3 Å². The highest BCUT2D eigenvalue weighted by Gasteiger charge is 2.21. The maximum atomic E-state index is 13.0. The number of phenols is 1. The highest BCUT2D eigenvalue weighted by atomic mass is 19.1. The number of carbonyl (C=O) groups is 2. The van der Waals surface area contributed by atoms with Crippen molar-refractivity contribution in [3.63, 3.8) is 0 Å². The van der Waals surface area contributed by atoms with Crippen molar-refractivity contribution in [2.45, 2.75) is 13.0 Å². The van der Waals surface area contributed by atoms with Crippen LogP contribution in [0.15, 0.2) is 83.0 Å². The van der Waals surface area contributed by atoms with Crippen LogP contribution in [-0.2, 0) is 9.53 Å². The average Bonchev–Trinajstić information content (AvgIpc) is 2.75. The highest BCUT2D eigenvalue weighted by molar-refractivity contribution is 5.99. The number of benzene rings is 3. The lowest BCUT2D eigenvalue weighted by molar-refractivity contribution is -0.123. The number of ether oxygens (including phenoxy) is 1. The van der Waals surface area contributed by atoms with E-state index in [1.54, 1.807) is 30.3 Å². The first kappa shape index (κ1) is 20.7. The number of phenolic OH excluding ortho intramolecular Hbond substituents is 1. The summed E-state index contributed by atoms with van der Waals surface area (Å²) in [5.41, 5.74) is 1.28. The van der Waals surface area contributed by atoms with E-state index in [9.17, 15) is 19.1 Å². The van der Waals surface area contributed by atoms with Gasteiger partial charge in [0.05, 0.1) is 11.3 Å². The highest BCUT2D eigenvalue weighted by Crippen LogP contribution is 2.24. The quantitative estimate of drug-likeness (QED) is 0.437. The van der Waals surface area contributed by atoms with Crippen LogP contribution in [0.25, 0.3) is 0 Å². The predicted molar refractivity (Wildman–Crippen MR) is 109 cm³/mol. The molecule has 0 aromatic heterocycles. The number of amides is 1. The fourth-order valence-corrected chi connectivity index (χ4v) is 2.42. The van der Waals surface area contributed by atoms with Gasteiger partial charge >= 0.3 is 5.97 Å². The maximum absolute atomic E-state index is 13.0. The topological polar surface area (TPSA) is 100 Å². The Morgan fingerprint density at radius 1 is 0.967 bits per heavy atom. The van der Waals surface area contributed by atoms with Crippen LogP contribution < -0.4 is 5.32 Å². The third-order valence-electron chi connectivity index (χ3n) is 4.01. The van der Waals surface area contributed by atoms with Gasteiger partial charge in [-0.05, 0) is 67.6 Å². The molecule has 3 aromatic carbocycles. The number of rotatable bonds is 6. The Labute approximate surface area is 171 Å². The third kappa shape index (κ3) is 5.48. The molecular weight excluding hydrogens is 389 g/mol. The Bertz CT molecular complexity index is 1070. The second-order valence-corrected chi connectivity index (χ2v) is 6.28. The first-order valence-corrected chi connectivity index (χ1v) is 8.99. The third-order valence-corrected chi connectivity index (χ3v) is 4.01. The van der Waals surface area contributed by atoms with E-state index in [0.717, 1.165) is 0 Å². The van der Waals surface area contributed by atoms with Crippen LogP contribution in [0, 0.1) is 5.82 Å². The van der Waals surface area contributed by atoms with E-state index in [1.165, 1.54) is 49.4 Å². The summed E-state index contributed by atoms with van der Waals surface area (Å²) in [6.45, 7) is 1.43. The van der Waals surface area contributed by atoms with E-state index >= 15 is 0 Å². The number of carbonyl (C=O) groups excluding carboxylic acids is 2. The fraction of sp³-hybridized carbons (Fsp3) is 0.0909. The number of esters is 1. The van der Waals surface area contributed by atoms with Gasteiger partial charge in [0.15, 0.2) is 6.10 Å². The minimum atomic E-state index is -1.09. The summed E-state index contributed by atoms with van der Waals surface area (Å²) in [5, 5.41) is 20.0. The molecule has 0 bridgehead atoms. The van der Waals surface area contributed by atoms with Crippen molar-refractivity contribution in [1.82, 2.24) is 0 Å². The van der Waals surface area contributed by atoms with E-state index in [0.29, 0.717) is 11.4 Å². The smallest absolute Gasteiger partial charge is 0.341 e. The number of nitrogens with zero attached hydrogens (tertiary/aromatic N) is 2. The molecule has 152 valence electrons. The molecule has 0 fully saturated rings. The molecule has 0 saturated carbocycles. The SMILES string of the molecule is C[C@H](OC(=O)c1ccccc1N=Nc1ccc(O)cc1)C(=O)Nc1ccc(F)cc1. The van der Waals surface area contributed by atoms with Crippen molar-refractivity contribution >= 4 is 28.9 Å². The molecule has 3 rings (SSSR count). The lowest BCUT2D eigenvalue weighted by Crippen LogP contribution is -2.30. The summed E-state index contributed by atoms with van der Waals surface area (Å²) in [4.78, 5) is 24.8. The van der Waals surface area contributed by atoms with Crippen LogP contribution in [0.3, 0.4) is 0 Å². The van der Waals surface area contributed by atoms with Gasteiger partial charge in [-0.3, -0.25) is 4.79 Å². The summed E-state index contributed by atoms with van der Waals surface area (Å²) >= 11 is 0. The molecule has 0 heterocycles. The van der Waals surface area contributed by atoms with Gasteiger partial charge in [-0.25, -0.2) is 9.18 Å². The zero-order chi connectivity index (χ0) is 21.5. The summed E-state index contributed by atoms with van der Waals surface area (Å²) < 4.78 is 18.2. The van der Waals surface area contributed by atoms with Crippen LogP contribution >= 0.6 is 0 Å². The van der Waals surface area contributed by atoms with Crippen molar-refractivity contribution in [1.29, 1.82) is 0 Å². The molecule has 7 nitrogen and oxygen atoms in total. The molecule has 2 N–H and O–H groups in total. The van der Waals surface area contributed by atoms with Gasteiger partial charge in [0.2, 0.25) is 0 Å². The Morgan fingerprint density at radius 2 is 1.63 bits per heavy atom. The minimum Gasteiger partial charge on any atom is -0.508 e. The Balaban J connectivity index is 1.68. The van der Waals surface area contributed by atoms with E-state index in [-0.39, 0.29) is 17.0 Å². The lowest BCUT2D eigenvalue weighted by Gasteiger charge is -2.14. The first-order valence-electron chi connectivity index (χ1n) is 8.99. The average molecular weight is 407 g/mol. The van der Waals surface area contributed by atoms with Gasteiger partial charge in [0.25, 0.3) is 5.91 Å². The van der Waals surface area contributed by atoms with Gasteiger partial charge in [0, 0.05) is 5.69 Å². The summed E-state index contributed by atoms with van der Waals surface area (Å²) in [5.74, 6) is -1.62. The summed E-state index contributed by atoms with van der Waals surface area (Å²) in [6.07, 6.45) is -1.09. The predicted octanol–water partition coefficient (Wildman–Crippen LogP) is 5.13. The van der Waals surface area contributed by atoms with Gasteiger partial charge < -0.3 is 15.2 Å². The lowest BCUT2D eigenvalue weighted by atomic mass is 10.2. The molecule has 0 aliphatic heterocycles. The van der Waals surface area contributed by atoms with Gasteiger partial charge in [-0.1, -0.05) is 12.1 Å². The Kier molecular flexibility index (Phi) is 6.49. The van der Waals surface area contributed by atoms with Crippen LogP contribution in [0.1, 0.15) is 17.3 Å². The molecule has 1 atom stereocenters. The van der Waals surface area contributed by atoms with Crippen molar-refractivity contribution < 1.29 is 23.8 Å². The molecule has 0 saturated heterocycles. The molecule has 1 amide bonds. The van der Waals surface area contributed by atoms with Crippen molar-refractivity contribution in [2.24, 2.45) is 10.2 Å². The molecule has 8 heteroatoms. The molecule has 0 aliphatic carbocycles. The fourth-order valence-electron chi connectivity index (χ4n) is 2.42. The Morgan fingerprint density at radius 3 is 2.33 bits per heavy atom. The molecular formula is C22H18FN3O4. The van der Waals surface area contributed by atoms with Gasteiger partial charge in [-0.15, -0.1) is 5.11 Å². The van der Waals surface area contributed by atoms with Crippen molar-refractivity contribution in [3.05, 3.63) is 84.2 Å². The van der Waals surface area contributed by atoms with E-state index in [2.05, 4.69) is 15.5 Å². The Hall–Kier alpha value is -4.07. The van der Waals surface area contributed by atoms with Crippen LogP contribution in [0.4, 0.5) is 21.5 Å². The van der Waals surface area contributed by atoms with Crippen LogP contribution in [0.2, 0.25) is 0 Å². The van der Waals surface area contributed by atoms with Gasteiger partial charge in [-0.2, -0.15) is 5.11 Å². The molecule has 30 heavy (non-hydrogen) atoms. The maximum Gasteiger partial charge on any atom is 0.341 e. The molecule has 0 spiro atoms. The molecule has 0 aliphatic rings. The van der Waals surface area contributed by atoms with Crippen LogP contribution in [0.5, 0.6) is 5.75 Å². The van der Waals surface area contributed by atoms with Crippen molar-refractivity contribution in [3.8, 4) is 5.75 Å². The number of azo groups is 1. The number of hydrogen-bond acceptors (Lipinski definition) is 6. The first-order chi connectivity index (χ1) is 14.4. The second kappa shape index (κ2) is 9.42. The zero-order valence-corrected chi connectivity index (χ0v) is 15.9. The second-order valence-electron chi connectivity index (χ2n) is 6.28. The number of aromatic hydroxyl groups is 1. The normalized spacial score (nSPS) is 11.8. The molecule has 0 unspecified atom stereocenters. The monoisotopic (exact) mass is 407 g/mol. The largest absolute Gasteiger partial charge is 0.508 e. The molecule has 3 aromatic rings. The van der Waals surface area contributed by atoms with E-state index < -0.39 is 23.8 Å². The summed E-state index contributed by atoms with van der Waals surface area (Å²) in [7, 11) is 0. The minimum absolute atomic E-state index is 0.103. The summed E-state index contributed by atoms with van der Waals surface area (Å²) in [6, 6.07) is 17.7. The number of halogens is 1.